The van der Waals surface area contributed by atoms with Gasteiger partial charge in [-0.1, -0.05) is 0 Å². The van der Waals surface area contributed by atoms with Crippen molar-refractivity contribution >= 4 is 17.4 Å². The summed E-state index contributed by atoms with van der Waals surface area (Å²) >= 11 is 0. The summed E-state index contributed by atoms with van der Waals surface area (Å²) < 4.78 is 40.8. The van der Waals surface area contributed by atoms with Gasteiger partial charge in [-0.25, -0.2) is 23.8 Å². The summed E-state index contributed by atoms with van der Waals surface area (Å²) in [5.41, 5.74) is 3.23. The van der Waals surface area contributed by atoms with Gasteiger partial charge in [-0.15, -0.1) is 0 Å². The number of aromatic nitrogens is 3. The summed E-state index contributed by atoms with van der Waals surface area (Å²) in [6.45, 7) is 4.74. The molecule has 1 aromatic carbocycles. The fourth-order valence-electron chi connectivity index (χ4n) is 4.41. The minimum absolute atomic E-state index is 0.127. The number of hydrogen-bond donors (Lipinski definition) is 1. The molecule has 180 valence electrons. The first-order valence-electron chi connectivity index (χ1n) is 11.1. The predicted molar refractivity (Wildman–Crippen MR) is 117 cm³/mol. The fraction of sp³-hybridized carbons (Fsp3) is 0.435. The molecule has 0 radical (unpaired) electrons. The summed E-state index contributed by atoms with van der Waals surface area (Å²) in [6, 6.07) is 4.86. The molecular formula is C23H25F2N5O4. The quantitative estimate of drug-likeness (QED) is 0.550. The number of ether oxygens (including phenoxy) is 2. The highest BCUT2D eigenvalue weighted by molar-refractivity contribution is 5.99. The van der Waals surface area contributed by atoms with Crippen LogP contribution in [-0.2, 0) is 14.3 Å². The molecule has 1 N–H and O–H groups in total. The third-order valence-corrected chi connectivity index (χ3v) is 5.96. The van der Waals surface area contributed by atoms with Crippen LogP contribution in [0.5, 0.6) is 0 Å². The second-order valence-corrected chi connectivity index (χ2v) is 8.82. The second-order valence-electron chi connectivity index (χ2n) is 8.82. The number of rotatable bonds is 6. The van der Waals surface area contributed by atoms with Crippen LogP contribution in [0.4, 0.5) is 14.6 Å². The van der Waals surface area contributed by atoms with Crippen LogP contribution < -0.4 is 10.4 Å². The van der Waals surface area contributed by atoms with Crippen LogP contribution in [0, 0.1) is 11.6 Å². The highest BCUT2D eigenvalue weighted by Gasteiger charge is 2.33. The van der Waals surface area contributed by atoms with Gasteiger partial charge in [-0.2, -0.15) is 5.10 Å². The van der Waals surface area contributed by atoms with Crippen molar-refractivity contribution in [2.45, 2.75) is 44.6 Å². The summed E-state index contributed by atoms with van der Waals surface area (Å²) in [6.07, 6.45) is 4.25. The maximum atomic E-state index is 14.4. The van der Waals surface area contributed by atoms with Crippen molar-refractivity contribution in [1.29, 1.82) is 0 Å². The molecule has 2 aliphatic rings. The number of nitrogens with one attached hydrogen (secondary N) is 1. The van der Waals surface area contributed by atoms with Crippen molar-refractivity contribution in [2.75, 3.05) is 24.7 Å². The Morgan fingerprint density at radius 3 is 2.97 bits per heavy atom. The van der Waals surface area contributed by atoms with Gasteiger partial charge in [0.05, 0.1) is 18.8 Å². The van der Waals surface area contributed by atoms with Gasteiger partial charge in [0, 0.05) is 18.3 Å². The predicted octanol–water partition coefficient (Wildman–Crippen LogP) is 3.16. The lowest BCUT2D eigenvalue weighted by Crippen LogP contribution is -2.30. The number of halogens is 2. The molecule has 11 heteroatoms. The lowest BCUT2D eigenvalue weighted by molar-refractivity contribution is -0.147. The van der Waals surface area contributed by atoms with E-state index in [9.17, 15) is 13.6 Å². The van der Waals surface area contributed by atoms with Gasteiger partial charge in [0.1, 0.15) is 35.7 Å². The topological polar surface area (TPSA) is 90.2 Å². The number of anilines is 1. The van der Waals surface area contributed by atoms with E-state index < -0.39 is 23.3 Å². The first-order valence-corrected chi connectivity index (χ1v) is 11.1. The molecule has 9 nitrogen and oxygen atoms in total. The molecule has 2 atom stereocenters. The molecule has 1 amide bonds. The molecule has 2 fully saturated rings. The molecule has 3 aromatic rings. The maximum absolute atomic E-state index is 14.4. The van der Waals surface area contributed by atoms with E-state index in [0.717, 1.165) is 18.6 Å². The Hall–Kier alpha value is -3.15. The van der Waals surface area contributed by atoms with Crippen molar-refractivity contribution in [3.05, 3.63) is 59.4 Å². The largest absolute Gasteiger partial charge is 0.349 e. The van der Waals surface area contributed by atoms with Crippen LogP contribution in [0.1, 0.15) is 48.7 Å². The number of hydroxylamine groups is 1. The van der Waals surface area contributed by atoms with E-state index in [1.54, 1.807) is 26.1 Å². The third-order valence-electron chi connectivity index (χ3n) is 5.96. The van der Waals surface area contributed by atoms with Crippen molar-refractivity contribution in [1.82, 2.24) is 20.1 Å². The third kappa shape index (κ3) is 4.46. The van der Waals surface area contributed by atoms with Crippen LogP contribution in [0.15, 0.2) is 36.7 Å². The number of carbonyl (C=O) groups excluding carboxylic acids is 1. The molecule has 0 unspecified atom stereocenters. The zero-order chi connectivity index (χ0) is 23.9. The highest BCUT2D eigenvalue weighted by atomic mass is 19.1. The standard InChI is InChI=1S/C23H25F2N5O4/c1-23(2)32-12-15(34-23)13-33-28-22(31)17-11-26-30-9-7-20(27-21(17)30)29-8-3-4-19(29)16-10-14(24)5-6-18(16)25/h5-7,9-11,15,19H,3-4,8,12-13H2,1-2H3,(H,28,31)/t15-,19+/m0/s1. The molecule has 0 spiro atoms. The van der Waals surface area contributed by atoms with Gasteiger partial charge >= 0.3 is 0 Å². The van der Waals surface area contributed by atoms with Crippen LogP contribution in [-0.4, -0.2) is 52.2 Å². The summed E-state index contributed by atoms with van der Waals surface area (Å²) in [5.74, 6) is -1.58. The minimum atomic E-state index is -0.678. The van der Waals surface area contributed by atoms with Gasteiger partial charge in [-0.3, -0.25) is 9.63 Å². The molecule has 34 heavy (non-hydrogen) atoms. The van der Waals surface area contributed by atoms with Crippen molar-refractivity contribution in [2.24, 2.45) is 0 Å². The van der Waals surface area contributed by atoms with Crippen LogP contribution in [0.2, 0.25) is 0 Å². The van der Waals surface area contributed by atoms with E-state index in [2.05, 4.69) is 15.6 Å². The molecule has 2 saturated heterocycles. The SMILES string of the molecule is CC1(C)OC[C@@H](CONC(=O)c2cnn3ccc(N4CCC[C@@H]4c4cc(F)ccc4F)nc23)O1. The Morgan fingerprint density at radius 2 is 2.18 bits per heavy atom. The molecule has 0 bridgehead atoms. The Bertz CT molecular complexity index is 1220. The monoisotopic (exact) mass is 473 g/mol. The number of benzene rings is 1. The Balaban J connectivity index is 1.32. The zero-order valence-electron chi connectivity index (χ0n) is 18.8. The van der Waals surface area contributed by atoms with Gasteiger partial charge in [0.15, 0.2) is 11.4 Å². The molecule has 2 aromatic heterocycles. The molecule has 0 aliphatic carbocycles. The highest BCUT2D eigenvalue weighted by Crippen LogP contribution is 2.36. The summed E-state index contributed by atoms with van der Waals surface area (Å²) in [5, 5.41) is 4.18. The second kappa shape index (κ2) is 8.90. The van der Waals surface area contributed by atoms with Gasteiger partial charge in [-0.05, 0) is 51.0 Å². The lowest BCUT2D eigenvalue weighted by Gasteiger charge is -2.26. The first-order chi connectivity index (χ1) is 16.3. The van der Waals surface area contributed by atoms with Crippen molar-refractivity contribution in [3.8, 4) is 0 Å². The van der Waals surface area contributed by atoms with Gasteiger partial charge < -0.3 is 14.4 Å². The molecule has 5 rings (SSSR count). The smallest absolute Gasteiger partial charge is 0.280 e. The average molecular weight is 473 g/mol. The Labute approximate surface area is 194 Å². The van der Waals surface area contributed by atoms with E-state index in [0.29, 0.717) is 36.6 Å². The van der Waals surface area contributed by atoms with Crippen LogP contribution >= 0.6 is 0 Å². The summed E-state index contributed by atoms with van der Waals surface area (Å²) in [7, 11) is 0. The number of hydrogen-bond acceptors (Lipinski definition) is 7. The van der Waals surface area contributed by atoms with Crippen LogP contribution in [0.25, 0.3) is 5.65 Å². The average Bonchev–Trinajstić information content (AvgIpc) is 3.53. The number of fused-ring (bicyclic) bond motifs is 1. The number of amides is 1. The van der Waals surface area contributed by atoms with E-state index in [4.69, 9.17) is 14.3 Å². The van der Waals surface area contributed by atoms with E-state index in [-0.39, 0.29) is 24.3 Å². The summed E-state index contributed by atoms with van der Waals surface area (Å²) in [4.78, 5) is 24.6. The zero-order valence-corrected chi connectivity index (χ0v) is 18.8. The molecule has 2 aliphatic heterocycles. The number of carbonyl (C=O) groups is 1. The first kappa shape index (κ1) is 22.6. The molecule has 4 heterocycles. The minimum Gasteiger partial charge on any atom is -0.349 e. The Kier molecular flexibility index (Phi) is 5.92. The van der Waals surface area contributed by atoms with Gasteiger partial charge in [0.2, 0.25) is 0 Å². The van der Waals surface area contributed by atoms with Crippen molar-refractivity contribution < 1.29 is 27.9 Å². The lowest BCUT2D eigenvalue weighted by atomic mass is 10.0. The van der Waals surface area contributed by atoms with E-state index in [1.807, 2.05) is 4.90 Å². The molecular weight excluding hydrogens is 448 g/mol. The van der Waals surface area contributed by atoms with Gasteiger partial charge in [0.25, 0.3) is 5.91 Å². The molecule has 0 saturated carbocycles. The fourth-order valence-corrected chi connectivity index (χ4v) is 4.41. The van der Waals surface area contributed by atoms with E-state index >= 15 is 0 Å². The maximum Gasteiger partial charge on any atom is 0.280 e. The Morgan fingerprint density at radius 1 is 1.32 bits per heavy atom. The number of nitrogens with zero attached hydrogens (tertiary/aromatic N) is 4. The normalized spacial score (nSPS) is 21.9. The van der Waals surface area contributed by atoms with Crippen LogP contribution in [0.3, 0.4) is 0 Å². The van der Waals surface area contributed by atoms with Crippen molar-refractivity contribution in [3.63, 3.8) is 0 Å². The van der Waals surface area contributed by atoms with E-state index in [1.165, 1.54) is 16.8 Å².